The Morgan fingerprint density at radius 1 is 1.22 bits per heavy atom. The van der Waals surface area contributed by atoms with Crippen LogP contribution in [0.15, 0.2) is 24.3 Å². The van der Waals surface area contributed by atoms with Crippen LogP contribution in [0.25, 0.3) is 10.2 Å². The molecule has 0 unspecified atom stereocenters. The van der Waals surface area contributed by atoms with Crippen molar-refractivity contribution in [3.8, 4) is 0 Å². The number of benzene rings is 1. The predicted octanol–water partition coefficient (Wildman–Crippen LogP) is 3.26. The molecule has 0 saturated heterocycles. The molecule has 1 aliphatic rings. The Kier molecular flexibility index (Phi) is 3.48. The number of fused-ring (bicyclic) bond motifs is 1. The van der Waals surface area contributed by atoms with Crippen molar-refractivity contribution < 1.29 is 5.11 Å². The molecule has 1 saturated carbocycles. The zero-order chi connectivity index (χ0) is 12.4. The summed E-state index contributed by atoms with van der Waals surface area (Å²) in [7, 11) is 0. The van der Waals surface area contributed by atoms with Crippen LogP contribution in [0.5, 0.6) is 0 Å². The first-order valence-electron chi connectivity index (χ1n) is 6.58. The minimum atomic E-state index is 0.341. The van der Waals surface area contributed by atoms with Gasteiger partial charge in [0, 0.05) is 12.6 Å². The third-order valence-electron chi connectivity index (χ3n) is 3.73. The Balaban J connectivity index is 1.66. The van der Waals surface area contributed by atoms with Crippen molar-refractivity contribution in [1.29, 1.82) is 0 Å². The third-order valence-corrected chi connectivity index (χ3v) is 4.69. The van der Waals surface area contributed by atoms with Crippen LogP contribution in [0.2, 0.25) is 0 Å². The summed E-state index contributed by atoms with van der Waals surface area (Å²) in [6, 6.07) is 8.77. The molecule has 1 fully saturated rings. The van der Waals surface area contributed by atoms with E-state index < -0.39 is 0 Å². The van der Waals surface area contributed by atoms with Gasteiger partial charge in [-0.3, -0.25) is 0 Å². The lowest BCUT2D eigenvalue weighted by Gasteiger charge is -2.27. The molecule has 18 heavy (non-hydrogen) atoms. The Morgan fingerprint density at radius 2 is 2.00 bits per heavy atom. The lowest BCUT2D eigenvalue weighted by atomic mass is 9.87. The van der Waals surface area contributed by atoms with E-state index in [9.17, 15) is 0 Å². The first-order chi connectivity index (χ1) is 8.85. The molecule has 4 heteroatoms. The van der Waals surface area contributed by atoms with E-state index in [4.69, 9.17) is 5.11 Å². The van der Waals surface area contributed by atoms with Crippen LogP contribution in [0.3, 0.4) is 0 Å². The second kappa shape index (κ2) is 5.24. The van der Waals surface area contributed by atoms with Gasteiger partial charge in [-0.2, -0.15) is 0 Å². The second-order valence-electron chi connectivity index (χ2n) is 5.03. The van der Waals surface area contributed by atoms with E-state index in [2.05, 4.69) is 28.5 Å². The molecule has 0 amide bonds. The summed E-state index contributed by atoms with van der Waals surface area (Å²) in [6.45, 7) is 0.341. The van der Waals surface area contributed by atoms with E-state index in [0.717, 1.165) is 36.3 Å². The molecule has 3 nitrogen and oxygen atoms in total. The van der Waals surface area contributed by atoms with E-state index in [1.54, 1.807) is 11.3 Å². The van der Waals surface area contributed by atoms with Crippen molar-refractivity contribution in [3.05, 3.63) is 24.3 Å². The minimum absolute atomic E-state index is 0.341. The van der Waals surface area contributed by atoms with Gasteiger partial charge in [0.15, 0.2) is 5.13 Å². The number of thiazole rings is 1. The summed E-state index contributed by atoms with van der Waals surface area (Å²) < 4.78 is 1.24. The number of nitrogens with zero attached hydrogens (tertiary/aromatic N) is 1. The second-order valence-corrected chi connectivity index (χ2v) is 6.06. The van der Waals surface area contributed by atoms with Crippen LogP contribution < -0.4 is 5.32 Å². The molecule has 1 heterocycles. The van der Waals surface area contributed by atoms with E-state index in [1.807, 2.05) is 6.07 Å². The first-order valence-corrected chi connectivity index (χ1v) is 7.40. The van der Waals surface area contributed by atoms with Gasteiger partial charge in [-0.15, -0.1) is 0 Å². The topological polar surface area (TPSA) is 45.1 Å². The van der Waals surface area contributed by atoms with Crippen molar-refractivity contribution in [2.45, 2.75) is 31.7 Å². The minimum Gasteiger partial charge on any atom is -0.396 e. The number of hydrogen-bond acceptors (Lipinski definition) is 4. The first kappa shape index (κ1) is 11.9. The van der Waals surface area contributed by atoms with Crippen molar-refractivity contribution in [2.75, 3.05) is 11.9 Å². The van der Waals surface area contributed by atoms with Crippen LogP contribution in [-0.4, -0.2) is 22.7 Å². The largest absolute Gasteiger partial charge is 0.396 e. The number of hydrogen-bond donors (Lipinski definition) is 2. The van der Waals surface area contributed by atoms with Crippen LogP contribution in [0, 0.1) is 5.92 Å². The number of nitrogens with one attached hydrogen (secondary N) is 1. The van der Waals surface area contributed by atoms with E-state index in [1.165, 1.54) is 4.70 Å². The maximum absolute atomic E-state index is 9.13. The van der Waals surface area contributed by atoms with Gasteiger partial charge in [0.25, 0.3) is 0 Å². The summed E-state index contributed by atoms with van der Waals surface area (Å²) in [6.07, 6.45) is 4.53. The Morgan fingerprint density at radius 3 is 2.72 bits per heavy atom. The van der Waals surface area contributed by atoms with Crippen molar-refractivity contribution in [3.63, 3.8) is 0 Å². The highest BCUT2D eigenvalue weighted by molar-refractivity contribution is 7.22. The molecule has 0 bridgehead atoms. The summed E-state index contributed by atoms with van der Waals surface area (Å²) >= 11 is 1.73. The van der Waals surface area contributed by atoms with Crippen molar-refractivity contribution in [2.24, 2.45) is 5.92 Å². The van der Waals surface area contributed by atoms with Crippen LogP contribution in [0.4, 0.5) is 5.13 Å². The number of para-hydroxylation sites is 1. The molecule has 1 aliphatic carbocycles. The highest BCUT2D eigenvalue weighted by Gasteiger charge is 2.21. The molecule has 0 atom stereocenters. The summed E-state index contributed by atoms with van der Waals surface area (Å²) in [5, 5.41) is 13.7. The lowest BCUT2D eigenvalue weighted by Crippen LogP contribution is -2.27. The van der Waals surface area contributed by atoms with Crippen molar-refractivity contribution in [1.82, 2.24) is 4.98 Å². The van der Waals surface area contributed by atoms with Crippen LogP contribution in [0.1, 0.15) is 25.7 Å². The van der Waals surface area contributed by atoms with Crippen LogP contribution in [-0.2, 0) is 0 Å². The maximum Gasteiger partial charge on any atom is 0.184 e. The van der Waals surface area contributed by atoms with Gasteiger partial charge >= 0.3 is 0 Å². The molecule has 2 N–H and O–H groups in total. The molecule has 1 aromatic carbocycles. The highest BCUT2D eigenvalue weighted by Crippen LogP contribution is 2.30. The van der Waals surface area contributed by atoms with Gasteiger partial charge < -0.3 is 10.4 Å². The average Bonchev–Trinajstić information content (AvgIpc) is 2.82. The third kappa shape index (κ3) is 2.49. The average molecular weight is 262 g/mol. The predicted molar refractivity (Wildman–Crippen MR) is 76.1 cm³/mol. The molecular weight excluding hydrogens is 244 g/mol. The number of anilines is 1. The van der Waals surface area contributed by atoms with Gasteiger partial charge in [-0.05, 0) is 43.7 Å². The number of aromatic nitrogens is 1. The zero-order valence-corrected chi connectivity index (χ0v) is 11.1. The van der Waals surface area contributed by atoms with Gasteiger partial charge in [-0.1, -0.05) is 23.5 Å². The Labute approximate surface area is 111 Å². The Bertz CT molecular complexity index is 484. The number of aliphatic hydroxyl groups excluding tert-OH is 1. The Hall–Kier alpha value is -1.13. The zero-order valence-electron chi connectivity index (χ0n) is 10.3. The molecule has 1 aromatic heterocycles. The van der Waals surface area contributed by atoms with Gasteiger partial charge in [0.1, 0.15) is 0 Å². The lowest BCUT2D eigenvalue weighted by molar-refractivity contribution is 0.186. The van der Waals surface area contributed by atoms with E-state index >= 15 is 0 Å². The smallest absolute Gasteiger partial charge is 0.184 e. The highest BCUT2D eigenvalue weighted by atomic mass is 32.1. The molecular formula is C14H18N2OS. The molecule has 0 spiro atoms. The van der Waals surface area contributed by atoms with E-state index in [0.29, 0.717) is 18.6 Å². The monoisotopic (exact) mass is 262 g/mol. The number of rotatable bonds is 3. The molecule has 96 valence electrons. The molecule has 2 aromatic rings. The SMILES string of the molecule is OCC1CCC(Nc2nc3ccccc3s2)CC1. The quantitative estimate of drug-likeness (QED) is 0.892. The molecule has 0 radical (unpaired) electrons. The maximum atomic E-state index is 9.13. The van der Waals surface area contributed by atoms with Crippen molar-refractivity contribution >= 4 is 26.7 Å². The summed E-state index contributed by atoms with van der Waals surface area (Å²) in [5.41, 5.74) is 1.08. The summed E-state index contributed by atoms with van der Waals surface area (Å²) in [4.78, 5) is 4.60. The number of aliphatic hydroxyl groups is 1. The standard InChI is InChI=1S/C14H18N2OS/c17-9-10-5-7-11(8-6-10)15-14-16-12-3-1-2-4-13(12)18-14/h1-4,10-11,17H,5-9H2,(H,15,16). The molecule has 3 rings (SSSR count). The fourth-order valence-electron chi connectivity index (χ4n) is 2.60. The van der Waals surface area contributed by atoms with Gasteiger partial charge in [0.2, 0.25) is 0 Å². The normalized spacial score (nSPS) is 24.3. The fraction of sp³-hybridized carbons (Fsp3) is 0.500. The van der Waals surface area contributed by atoms with Crippen LogP contribution >= 0.6 is 11.3 Å². The fourth-order valence-corrected chi connectivity index (χ4v) is 3.54. The summed E-state index contributed by atoms with van der Waals surface area (Å²) in [5.74, 6) is 0.512. The van der Waals surface area contributed by atoms with Gasteiger partial charge in [0.05, 0.1) is 10.2 Å². The molecule has 0 aliphatic heterocycles. The van der Waals surface area contributed by atoms with E-state index in [-0.39, 0.29) is 0 Å². The van der Waals surface area contributed by atoms with Gasteiger partial charge in [-0.25, -0.2) is 4.98 Å².